The van der Waals surface area contributed by atoms with E-state index in [1.54, 1.807) is 0 Å². The van der Waals surface area contributed by atoms with E-state index in [-0.39, 0.29) is 0 Å². The van der Waals surface area contributed by atoms with Gasteiger partial charge in [-0.05, 0) is 55.3 Å². The molecule has 21 heavy (non-hydrogen) atoms. The van der Waals surface area contributed by atoms with Crippen LogP contribution in [0.3, 0.4) is 0 Å². The lowest BCUT2D eigenvalue weighted by Gasteiger charge is -2.00. The smallest absolute Gasteiger partial charge is 0.144 e. The number of pyridine rings is 1. The summed E-state index contributed by atoms with van der Waals surface area (Å²) in [6.45, 7) is 4.25. The Morgan fingerprint density at radius 2 is 1.71 bits per heavy atom. The number of hydrogen-bond donors (Lipinski definition) is 0. The third-order valence-electron chi connectivity index (χ3n) is 4.05. The van der Waals surface area contributed by atoms with Crippen LogP contribution in [0.25, 0.3) is 33.2 Å². The van der Waals surface area contributed by atoms with Gasteiger partial charge in [-0.25, -0.2) is 0 Å². The molecule has 0 fully saturated rings. The molecule has 0 unspecified atom stereocenters. The number of nitrogens with zero attached hydrogens (tertiary/aromatic N) is 1. The molecule has 2 aromatic carbocycles. The summed E-state index contributed by atoms with van der Waals surface area (Å²) in [7, 11) is 0. The van der Waals surface area contributed by atoms with Gasteiger partial charge in [-0.3, -0.25) is 4.98 Å². The summed E-state index contributed by atoms with van der Waals surface area (Å²) in [5.41, 5.74) is 6.37. The van der Waals surface area contributed by atoms with Gasteiger partial charge in [0.15, 0.2) is 0 Å². The van der Waals surface area contributed by atoms with E-state index < -0.39 is 0 Å². The Morgan fingerprint density at radius 3 is 2.52 bits per heavy atom. The van der Waals surface area contributed by atoms with Crippen LogP contribution in [-0.4, -0.2) is 4.98 Å². The van der Waals surface area contributed by atoms with Crippen LogP contribution in [0, 0.1) is 13.8 Å². The molecule has 0 aliphatic heterocycles. The van der Waals surface area contributed by atoms with Crippen molar-refractivity contribution in [1.82, 2.24) is 4.98 Å². The van der Waals surface area contributed by atoms with E-state index in [0.717, 1.165) is 27.8 Å². The molecule has 0 aliphatic rings. The average Bonchev–Trinajstić information content (AvgIpc) is 2.86. The van der Waals surface area contributed by atoms with Crippen molar-refractivity contribution in [2.24, 2.45) is 0 Å². The normalized spacial score (nSPS) is 11.3. The fourth-order valence-electron chi connectivity index (χ4n) is 2.78. The Hall–Kier alpha value is -2.61. The molecule has 2 aromatic heterocycles. The lowest BCUT2D eigenvalue weighted by Crippen LogP contribution is -1.82. The zero-order valence-corrected chi connectivity index (χ0v) is 12.1. The Bertz CT molecular complexity index is 952. The fraction of sp³-hybridized carbons (Fsp3) is 0.105. The van der Waals surface area contributed by atoms with Gasteiger partial charge in [-0.15, -0.1) is 0 Å². The van der Waals surface area contributed by atoms with Crippen LogP contribution in [-0.2, 0) is 0 Å². The zero-order valence-electron chi connectivity index (χ0n) is 12.1. The molecule has 2 nitrogen and oxygen atoms in total. The van der Waals surface area contributed by atoms with E-state index in [1.807, 2.05) is 24.4 Å². The molecule has 4 aromatic rings. The summed E-state index contributed by atoms with van der Waals surface area (Å²) in [5.74, 6) is 0. The van der Waals surface area contributed by atoms with Crippen molar-refractivity contribution in [3.05, 3.63) is 65.9 Å². The van der Waals surface area contributed by atoms with E-state index in [2.05, 4.69) is 49.2 Å². The predicted octanol–water partition coefficient (Wildman–Crippen LogP) is 5.26. The average molecular weight is 273 g/mol. The van der Waals surface area contributed by atoms with Crippen molar-refractivity contribution < 1.29 is 4.42 Å². The van der Waals surface area contributed by atoms with Crippen LogP contribution in [0.5, 0.6) is 0 Å². The van der Waals surface area contributed by atoms with Gasteiger partial charge in [0.25, 0.3) is 0 Å². The van der Waals surface area contributed by atoms with Crippen LogP contribution in [0.1, 0.15) is 11.1 Å². The molecule has 0 spiro atoms. The maximum Gasteiger partial charge on any atom is 0.144 e. The topological polar surface area (TPSA) is 26.0 Å². The molecule has 0 aliphatic carbocycles. The van der Waals surface area contributed by atoms with Crippen LogP contribution >= 0.6 is 0 Å². The number of aryl methyl sites for hydroxylation is 2. The third kappa shape index (κ3) is 1.83. The van der Waals surface area contributed by atoms with E-state index in [0.29, 0.717) is 0 Å². The number of aromatic nitrogens is 1. The minimum Gasteiger partial charge on any atom is -0.455 e. The van der Waals surface area contributed by atoms with Crippen molar-refractivity contribution >= 4 is 21.9 Å². The molecule has 0 amide bonds. The first-order valence-electron chi connectivity index (χ1n) is 7.08. The first-order chi connectivity index (χ1) is 10.2. The fourth-order valence-corrected chi connectivity index (χ4v) is 2.78. The van der Waals surface area contributed by atoms with Gasteiger partial charge in [0.1, 0.15) is 11.2 Å². The largest absolute Gasteiger partial charge is 0.455 e. The first kappa shape index (κ1) is 12.2. The van der Waals surface area contributed by atoms with Crippen LogP contribution in [0.15, 0.2) is 59.1 Å². The zero-order chi connectivity index (χ0) is 14.4. The van der Waals surface area contributed by atoms with Crippen LogP contribution in [0.2, 0.25) is 0 Å². The molecule has 102 valence electrons. The van der Waals surface area contributed by atoms with Crippen molar-refractivity contribution in [3.63, 3.8) is 0 Å². The van der Waals surface area contributed by atoms with Gasteiger partial charge in [0.2, 0.25) is 0 Å². The van der Waals surface area contributed by atoms with E-state index in [9.17, 15) is 0 Å². The summed E-state index contributed by atoms with van der Waals surface area (Å²) in [6, 6.07) is 16.5. The molecule has 2 heteroatoms. The SMILES string of the molecule is Cc1cc2oc3c(-c4ccccn4)cccc3c2cc1C. The lowest BCUT2D eigenvalue weighted by molar-refractivity contribution is 0.669. The number of hydrogen-bond acceptors (Lipinski definition) is 2. The van der Waals surface area contributed by atoms with Crippen LogP contribution in [0.4, 0.5) is 0 Å². The number of benzene rings is 2. The minimum absolute atomic E-state index is 0.913. The molecule has 0 radical (unpaired) electrons. The Balaban J connectivity index is 2.11. The molecular weight excluding hydrogens is 258 g/mol. The standard InChI is InChI=1S/C19H15NO/c1-12-10-16-14-6-5-7-15(17-8-3-4-9-20-17)19(14)21-18(16)11-13(12)2/h3-11H,1-2H3. The van der Waals surface area contributed by atoms with Gasteiger partial charge >= 0.3 is 0 Å². The number of furan rings is 1. The van der Waals surface area contributed by atoms with Gasteiger partial charge in [-0.2, -0.15) is 0 Å². The highest BCUT2D eigenvalue weighted by Crippen LogP contribution is 2.35. The van der Waals surface area contributed by atoms with Gasteiger partial charge in [-0.1, -0.05) is 18.2 Å². The molecule has 2 heterocycles. The monoisotopic (exact) mass is 273 g/mol. The van der Waals surface area contributed by atoms with Crippen molar-refractivity contribution in [2.45, 2.75) is 13.8 Å². The summed E-state index contributed by atoms with van der Waals surface area (Å²) in [4.78, 5) is 4.44. The second-order valence-corrected chi connectivity index (χ2v) is 5.43. The summed E-state index contributed by atoms with van der Waals surface area (Å²) >= 11 is 0. The van der Waals surface area contributed by atoms with Gasteiger partial charge in [0.05, 0.1) is 5.69 Å². The minimum atomic E-state index is 0.913. The second kappa shape index (κ2) is 4.45. The maximum absolute atomic E-state index is 6.13. The molecule has 0 saturated heterocycles. The number of rotatable bonds is 1. The molecule has 4 rings (SSSR count). The van der Waals surface area contributed by atoms with E-state index in [4.69, 9.17) is 4.42 Å². The van der Waals surface area contributed by atoms with Gasteiger partial charge < -0.3 is 4.42 Å². The predicted molar refractivity (Wildman–Crippen MR) is 86.4 cm³/mol. The number of para-hydroxylation sites is 1. The van der Waals surface area contributed by atoms with E-state index in [1.165, 1.54) is 16.5 Å². The Kier molecular flexibility index (Phi) is 2.58. The highest BCUT2D eigenvalue weighted by atomic mass is 16.3. The van der Waals surface area contributed by atoms with Gasteiger partial charge in [0, 0.05) is 22.5 Å². The highest BCUT2D eigenvalue weighted by Gasteiger charge is 2.13. The first-order valence-corrected chi connectivity index (χ1v) is 7.08. The molecule has 0 atom stereocenters. The highest BCUT2D eigenvalue weighted by molar-refractivity contribution is 6.09. The van der Waals surface area contributed by atoms with Crippen LogP contribution < -0.4 is 0 Å². The van der Waals surface area contributed by atoms with Crippen molar-refractivity contribution in [1.29, 1.82) is 0 Å². The molecule has 0 N–H and O–H groups in total. The Morgan fingerprint density at radius 1 is 0.857 bits per heavy atom. The number of fused-ring (bicyclic) bond motifs is 3. The summed E-state index contributed by atoms with van der Waals surface area (Å²) < 4.78 is 6.13. The summed E-state index contributed by atoms with van der Waals surface area (Å²) in [5, 5.41) is 2.32. The van der Waals surface area contributed by atoms with E-state index >= 15 is 0 Å². The molecular formula is C19H15NO. The molecule has 0 saturated carbocycles. The maximum atomic E-state index is 6.13. The quantitative estimate of drug-likeness (QED) is 0.472. The third-order valence-corrected chi connectivity index (χ3v) is 4.05. The lowest BCUT2D eigenvalue weighted by atomic mass is 10.0. The summed E-state index contributed by atoms with van der Waals surface area (Å²) in [6.07, 6.45) is 1.81. The van der Waals surface area contributed by atoms with Crippen molar-refractivity contribution in [2.75, 3.05) is 0 Å². The second-order valence-electron chi connectivity index (χ2n) is 5.43. The Labute approximate surface area is 123 Å². The van der Waals surface area contributed by atoms with Crippen molar-refractivity contribution in [3.8, 4) is 11.3 Å². The molecule has 0 bridgehead atoms.